The Morgan fingerprint density at radius 2 is 1.54 bits per heavy atom. The van der Waals surface area contributed by atoms with Crippen LogP contribution in [-0.2, 0) is 14.3 Å². The summed E-state index contributed by atoms with van der Waals surface area (Å²) in [5, 5.41) is 0. The van der Waals surface area contributed by atoms with Crippen LogP contribution >= 0.6 is 0 Å². The van der Waals surface area contributed by atoms with E-state index in [1.54, 1.807) is 5.57 Å². The van der Waals surface area contributed by atoms with Gasteiger partial charge in [0, 0.05) is 13.0 Å². The number of carbonyl (C=O) groups is 1. The van der Waals surface area contributed by atoms with E-state index in [4.69, 9.17) is 15.2 Å². The third kappa shape index (κ3) is 12.4. The second-order valence-corrected chi connectivity index (χ2v) is 19.2. The number of hydrogen-bond donors (Lipinski definition) is 1. The average molecular weight is 724 g/mol. The van der Waals surface area contributed by atoms with Crippen LogP contribution in [0.3, 0.4) is 0 Å². The molecule has 0 spiro atoms. The molecule has 300 valence electrons. The first-order chi connectivity index (χ1) is 25.1. The zero-order valence-electron chi connectivity index (χ0n) is 35.2. The molecule has 9 atom stereocenters. The van der Waals surface area contributed by atoms with Gasteiger partial charge in [0.25, 0.3) is 0 Å². The van der Waals surface area contributed by atoms with E-state index in [1.165, 1.54) is 128 Å². The van der Waals surface area contributed by atoms with E-state index >= 15 is 0 Å². The first-order valence-corrected chi connectivity index (χ1v) is 23.0. The molecule has 3 saturated carbocycles. The summed E-state index contributed by atoms with van der Waals surface area (Å²) in [5.74, 6) is 5.09. The number of hydrogen-bond acceptors (Lipinski definition) is 4. The highest BCUT2D eigenvalue weighted by Crippen LogP contribution is 2.67. The Kier molecular flexibility index (Phi) is 18.8. The highest BCUT2D eigenvalue weighted by atomic mass is 16.6. The molecule has 3 fully saturated rings. The number of nitrogens with two attached hydrogens (primary N) is 1. The Morgan fingerprint density at radius 3 is 2.23 bits per heavy atom. The van der Waals surface area contributed by atoms with Gasteiger partial charge in [0.05, 0.1) is 6.10 Å². The smallest absolute Gasteiger partial charge is 0.305 e. The van der Waals surface area contributed by atoms with Gasteiger partial charge < -0.3 is 15.2 Å². The van der Waals surface area contributed by atoms with Crippen molar-refractivity contribution in [2.75, 3.05) is 13.2 Å². The van der Waals surface area contributed by atoms with Crippen molar-refractivity contribution >= 4 is 5.97 Å². The lowest BCUT2D eigenvalue weighted by molar-refractivity contribution is -0.150. The molecular weight excluding hydrogens is 639 g/mol. The minimum atomic E-state index is -0.210. The molecule has 0 amide bonds. The van der Waals surface area contributed by atoms with Crippen molar-refractivity contribution in [2.24, 2.45) is 52.1 Å². The molecule has 4 aliphatic carbocycles. The minimum Gasteiger partial charge on any atom is -0.463 e. The molecule has 0 aromatic carbocycles. The number of rotatable bonds is 25. The molecule has 0 radical (unpaired) electrons. The average Bonchev–Trinajstić information content (AvgIpc) is 3.49. The van der Waals surface area contributed by atoms with Gasteiger partial charge in [-0.05, 0) is 130 Å². The molecule has 52 heavy (non-hydrogen) atoms. The van der Waals surface area contributed by atoms with Gasteiger partial charge in [0.2, 0.25) is 0 Å². The van der Waals surface area contributed by atoms with Crippen molar-refractivity contribution in [3.63, 3.8) is 0 Å². The Morgan fingerprint density at radius 1 is 0.846 bits per heavy atom. The molecule has 5 unspecified atom stereocenters. The van der Waals surface area contributed by atoms with E-state index in [2.05, 4.69) is 59.8 Å². The monoisotopic (exact) mass is 724 g/mol. The summed E-state index contributed by atoms with van der Waals surface area (Å²) in [7, 11) is 0. The van der Waals surface area contributed by atoms with Crippen molar-refractivity contribution in [3.8, 4) is 0 Å². The second kappa shape index (κ2) is 22.4. The fraction of sp³-hybridized carbons (Fsp3) is 0.896. The lowest BCUT2D eigenvalue weighted by Crippen LogP contribution is -2.51. The van der Waals surface area contributed by atoms with Crippen LogP contribution in [0.15, 0.2) is 23.8 Å². The predicted molar refractivity (Wildman–Crippen MR) is 221 cm³/mol. The van der Waals surface area contributed by atoms with Crippen LogP contribution in [0.25, 0.3) is 0 Å². The topological polar surface area (TPSA) is 61.5 Å². The van der Waals surface area contributed by atoms with E-state index in [0.717, 1.165) is 61.2 Å². The van der Waals surface area contributed by atoms with Gasteiger partial charge in [0.15, 0.2) is 0 Å². The molecular formula is C48H85NO3. The van der Waals surface area contributed by atoms with E-state index in [0.29, 0.717) is 23.8 Å². The summed E-state index contributed by atoms with van der Waals surface area (Å²) < 4.78 is 12.3. The third-order valence-corrected chi connectivity index (χ3v) is 15.0. The third-order valence-electron chi connectivity index (χ3n) is 15.0. The molecule has 2 N–H and O–H groups in total. The molecule has 0 aliphatic heterocycles. The van der Waals surface area contributed by atoms with Crippen LogP contribution in [0.5, 0.6) is 0 Å². The van der Waals surface area contributed by atoms with Crippen LogP contribution in [0.1, 0.15) is 202 Å². The highest BCUT2D eigenvalue weighted by molar-refractivity contribution is 5.69. The van der Waals surface area contributed by atoms with E-state index in [9.17, 15) is 4.79 Å². The standard InChI is InChI=1S/C48H85NO3/c1-7-8-9-10-11-12-13-14-15-16-17-18-19-20-21-25-46(50)51-36-41(35-49)52-40-30-32-47(5)39(34-40)26-27-42-44-29-28-43(38(4)24-22-23-37(2)3)48(44,6)33-31-45(42)47/h14-15,26,37-38,40-45H,7-13,16-25,27-36,49H2,1-6H3/b15-14-/t38-,40?,41?,42?,43-,44?,45?,47+,48-/m1/s1. The number of ether oxygens (including phenoxy) is 2. The molecule has 4 heteroatoms. The molecule has 0 saturated heterocycles. The molecule has 0 aromatic heterocycles. The first kappa shape index (κ1) is 43.6. The normalized spacial score (nSPS) is 31.2. The van der Waals surface area contributed by atoms with Gasteiger partial charge in [-0.1, -0.05) is 136 Å². The maximum Gasteiger partial charge on any atom is 0.305 e. The van der Waals surface area contributed by atoms with Gasteiger partial charge in [0.1, 0.15) is 12.7 Å². The SMILES string of the molecule is CCCCCCCC/C=C\CCCCCCCC(=O)OCC(CN)OC1CC[C@@]2(C)C(=CCC3C2CC[C@@]2(C)C3CC[C@@H]2[C@H](C)CCCC(C)C)C1. The molecule has 4 nitrogen and oxygen atoms in total. The first-order valence-electron chi connectivity index (χ1n) is 23.0. The maximum atomic E-state index is 12.5. The van der Waals surface area contributed by atoms with Crippen LogP contribution in [0.4, 0.5) is 0 Å². The zero-order chi connectivity index (χ0) is 37.4. The molecule has 4 aliphatic rings. The zero-order valence-corrected chi connectivity index (χ0v) is 35.2. The number of unbranched alkanes of at least 4 members (excludes halogenated alkanes) is 11. The highest BCUT2D eigenvalue weighted by Gasteiger charge is 2.59. The van der Waals surface area contributed by atoms with Crippen molar-refractivity contribution < 1.29 is 14.3 Å². The fourth-order valence-corrected chi connectivity index (χ4v) is 11.8. The minimum absolute atomic E-state index is 0.0969. The summed E-state index contributed by atoms with van der Waals surface area (Å²) in [6.45, 7) is 15.6. The lowest BCUT2D eigenvalue weighted by atomic mass is 9.47. The number of fused-ring (bicyclic) bond motifs is 5. The predicted octanol–water partition coefficient (Wildman–Crippen LogP) is 13.3. The molecule has 0 bridgehead atoms. The molecule has 0 aromatic rings. The van der Waals surface area contributed by atoms with Gasteiger partial charge in [-0.25, -0.2) is 0 Å². The summed E-state index contributed by atoms with van der Waals surface area (Å²) in [4.78, 5) is 12.5. The van der Waals surface area contributed by atoms with Crippen LogP contribution < -0.4 is 5.73 Å². The van der Waals surface area contributed by atoms with Crippen molar-refractivity contribution in [1.82, 2.24) is 0 Å². The van der Waals surface area contributed by atoms with E-state index < -0.39 is 0 Å². The summed E-state index contributed by atoms with van der Waals surface area (Å²) in [6.07, 6.45) is 38.8. The summed E-state index contributed by atoms with van der Waals surface area (Å²) >= 11 is 0. The lowest BCUT2D eigenvalue weighted by Gasteiger charge is -2.58. The van der Waals surface area contributed by atoms with E-state index in [-0.39, 0.29) is 24.8 Å². The van der Waals surface area contributed by atoms with Crippen molar-refractivity contribution in [1.29, 1.82) is 0 Å². The van der Waals surface area contributed by atoms with Gasteiger partial charge >= 0.3 is 5.97 Å². The van der Waals surface area contributed by atoms with E-state index in [1.807, 2.05) is 0 Å². The Bertz CT molecular complexity index is 1080. The number of allylic oxidation sites excluding steroid dienone is 3. The summed E-state index contributed by atoms with van der Waals surface area (Å²) in [5.41, 5.74) is 8.67. The van der Waals surface area contributed by atoms with Gasteiger partial charge in [-0.2, -0.15) is 0 Å². The largest absolute Gasteiger partial charge is 0.463 e. The molecule has 4 rings (SSSR count). The Balaban J connectivity index is 1.11. The van der Waals surface area contributed by atoms with Crippen LogP contribution in [0, 0.1) is 46.3 Å². The molecule has 0 heterocycles. The number of esters is 1. The maximum absolute atomic E-state index is 12.5. The van der Waals surface area contributed by atoms with Crippen LogP contribution in [-0.4, -0.2) is 31.3 Å². The Hall–Kier alpha value is -1.13. The van der Waals surface area contributed by atoms with Gasteiger partial charge in [-0.3, -0.25) is 4.79 Å². The van der Waals surface area contributed by atoms with Gasteiger partial charge in [-0.15, -0.1) is 0 Å². The van der Waals surface area contributed by atoms with Crippen LogP contribution in [0.2, 0.25) is 0 Å². The summed E-state index contributed by atoms with van der Waals surface area (Å²) in [6, 6.07) is 0. The van der Waals surface area contributed by atoms with Crippen molar-refractivity contribution in [2.45, 2.75) is 214 Å². The quantitative estimate of drug-likeness (QED) is 0.0579. The van der Waals surface area contributed by atoms with Crippen molar-refractivity contribution in [3.05, 3.63) is 23.8 Å². The Labute approximate surface area is 322 Å². The fourth-order valence-electron chi connectivity index (χ4n) is 11.8. The number of carbonyl (C=O) groups excluding carboxylic acids is 1. The second-order valence-electron chi connectivity index (χ2n) is 19.2.